The van der Waals surface area contributed by atoms with E-state index in [1.54, 1.807) is 6.07 Å². The van der Waals surface area contributed by atoms with Gasteiger partial charge in [-0.25, -0.2) is 4.98 Å². The van der Waals surface area contributed by atoms with E-state index in [0.29, 0.717) is 44.0 Å². The lowest BCUT2D eigenvalue weighted by Gasteiger charge is -2.35. The van der Waals surface area contributed by atoms with E-state index < -0.39 is 12.0 Å². The smallest absolute Gasteiger partial charge is 0.321 e. The molecule has 0 unspecified atom stereocenters. The second-order valence-corrected chi connectivity index (χ2v) is 9.59. The molecule has 0 radical (unpaired) electrons. The van der Waals surface area contributed by atoms with Gasteiger partial charge < -0.3 is 14.3 Å². The van der Waals surface area contributed by atoms with Crippen molar-refractivity contribution in [2.24, 2.45) is 0 Å². The number of benzene rings is 3. The number of aryl methyl sites for hydroxylation is 1. The Kier molecular flexibility index (Phi) is 7.38. The summed E-state index contributed by atoms with van der Waals surface area (Å²) in [5.74, 6) is 1.21. The van der Waals surface area contributed by atoms with E-state index in [1.165, 1.54) is 6.92 Å². The zero-order valence-electron chi connectivity index (χ0n) is 21.5. The molecule has 1 atom stereocenters. The number of ketones is 1. The van der Waals surface area contributed by atoms with Gasteiger partial charge in [0.2, 0.25) is 5.89 Å². The van der Waals surface area contributed by atoms with Crippen molar-refractivity contribution in [1.82, 2.24) is 9.88 Å². The minimum absolute atomic E-state index is 0.0289. The maximum Gasteiger partial charge on any atom is 0.321 e. The van der Waals surface area contributed by atoms with Gasteiger partial charge in [0.15, 0.2) is 5.78 Å². The van der Waals surface area contributed by atoms with Crippen LogP contribution in [0.3, 0.4) is 0 Å². The number of carbonyl (C=O) groups is 2. The maximum atomic E-state index is 12.1. The van der Waals surface area contributed by atoms with Gasteiger partial charge in [0.05, 0.1) is 12.3 Å². The highest BCUT2D eigenvalue weighted by molar-refractivity contribution is 5.95. The zero-order valence-corrected chi connectivity index (χ0v) is 21.5. The van der Waals surface area contributed by atoms with Crippen LogP contribution in [0.4, 0.5) is 0 Å². The number of hydrogen-bond donors (Lipinski definition) is 1. The normalized spacial score (nSPS) is 15.2. The van der Waals surface area contributed by atoms with Gasteiger partial charge >= 0.3 is 5.97 Å². The molecule has 38 heavy (non-hydrogen) atoms. The van der Waals surface area contributed by atoms with Crippen LogP contribution in [0.1, 0.15) is 45.4 Å². The van der Waals surface area contributed by atoms with Crippen LogP contribution < -0.4 is 4.74 Å². The van der Waals surface area contributed by atoms with E-state index in [9.17, 15) is 14.7 Å². The van der Waals surface area contributed by atoms with Crippen LogP contribution in [0.25, 0.3) is 11.5 Å². The van der Waals surface area contributed by atoms with Gasteiger partial charge in [-0.1, -0.05) is 48.5 Å². The second kappa shape index (κ2) is 11.0. The Bertz CT molecular complexity index is 1460. The molecule has 1 aliphatic rings. The molecular formula is C31H30N2O5. The van der Waals surface area contributed by atoms with Gasteiger partial charge in [0.1, 0.15) is 17.6 Å². The number of carbonyl (C=O) groups excluding carboxylic acids is 1. The van der Waals surface area contributed by atoms with Gasteiger partial charge in [-0.2, -0.15) is 0 Å². The Labute approximate surface area is 221 Å². The molecule has 2 heterocycles. The van der Waals surface area contributed by atoms with Gasteiger partial charge in [0.25, 0.3) is 0 Å². The van der Waals surface area contributed by atoms with Crippen molar-refractivity contribution in [1.29, 1.82) is 0 Å². The summed E-state index contributed by atoms with van der Waals surface area (Å²) < 4.78 is 11.9. The number of fused-ring (bicyclic) bond motifs is 1. The number of Topliss-reactive ketones (excluding diaryl/α,β-unsaturated/α-hetero) is 1. The van der Waals surface area contributed by atoms with Crippen LogP contribution >= 0.6 is 0 Å². The lowest BCUT2D eigenvalue weighted by molar-refractivity contribution is -0.144. The summed E-state index contributed by atoms with van der Waals surface area (Å²) in [4.78, 5) is 30.8. The summed E-state index contributed by atoms with van der Waals surface area (Å²) in [6.07, 6.45) is 1.00. The predicted octanol–water partition coefficient (Wildman–Crippen LogP) is 5.49. The SMILES string of the molecule is CC(=O)c1ccccc1CN1Cc2cc(OCCc3nc(-c4ccccc4)oc3C)ccc2C[C@H]1C(=O)O. The first-order valence-electron chi connectivity index (χ1n) is 12.7. The lowest BCUT2D eigenvalue weighted by Crippen LogP contribution is -2.45. The number of oxazole rings is 1. The molecule has 0 aliphatic carbocycles. The van der Waals surface area contributed by atoms with Crippen molar-refractivity contribution in [2.45, 2.75) is 45.8 Å². The Morgan fingerprint density at radius 3 is 2.58 bits per heavy atom. The molecule has 3 aromatic carbocycles. The number of ether oxygens (including phenoxy) is 1. The molecule has 0 amide bonds. The average Bonchev–Trinajstić information content (AvgIpc) is 3.29. The van der Waals surface area contributed by atoms with Crippen LogP contribution in [0.15, 0.2) is 77.2 Å². The highest BCUT2D eigenvalue weighted by Gasteiger charge is 2.32. The number of carboxylic acids is 1. The molecule has 0 saturated carbocycles. The summed E-state index contributed by atoms with van der Waals surface area (Å²) in [6.45, 7) is 4.72. The zero-order chi connectivity index (χ0) is 26.6. The van der Waals surface area contributed by atoms with Crippen molar-refractivity contribution in [3.8, 4) is 17.2 Å². The molecule has 0 bridgehead atoms. The second-order valence-electron chi connectivity index (χ2n) is 9.59. The molecule has 7 heteroatoms. The van der Waals surface area contributed by atoms with Crippen molar-refractivity contribution >= 4 is 11.8 Å². The van der Waals surface area contributed by atoms with Crippen LogP contribution in [-0.4, -0.2) is 39.4 Å². The van der Waals surface area contributed by atoms with Crippen molar-refractivity contribution < 1.29 is 23.8 Å². The van der Waals surface area contributed by atoms with E-state index in [-0.39, 0.29) is 5.78 Å². The Morgan fingerprint density at radius 1 is 1.05 bits per heavy atom. The Hall–Kier alpha value is -4.23. The largest absolute Gasteiger partial charge is 0.493 e. The molecule has 0 saturated heterocycles. The maximum absolute atomic E-state index is 12.1. The standard InChI is InChI=1S/C31H30N2O5/c1-20(34)27-11-7-6-10-24(27)18-33-19-25-16-26(13-12-23(25)17-29(33)31(35)36)37-15-14-28-21(2)38-30(32-28)22-8-4-3-5-9-22/h3-13,16,29H,14-15,17-19H2,1-2H3,(H,35,36)/t29-/m0/s1. The summed E-state index contributed by atoms with van der Waals surface area (Å²) in [5.41, 5.74) is 5.29. The first-order valence-corrected chi connectivity index (χ1v) is 12.7. The number of aromatic nitrogens is 1. The molecule has 7 nitrogen and oxygen atoms in total. The monoisotopic (exact) mass is 510 g/mol. The predicted molar refractivity (Wildman–Crippen MR) is 143 cm³/mol. The molecular weight excluding hydrogens is 480 g/mol. The van der Waals surface area contributed by atoms with Crippen LogP contribution in [0, 0.1) is 6.92 Å². The van der Waals surface area contributed by atoms with Crippen LogP contribution in [0.2, 0.25) is 0 Å². The van der Waals surface area contributed by atoms with Crippen LogP contribution in [-0.2, 0) is 30.7 Å². The van der Waals surface area contributed by atoms with E-state index in [4.69, 9.17) is 9.15 Å². The summed E-state index contributed by atoms with van der Waals surface area (Å²) in [7, 11) is 0. The van der Waals surface area contributed by atoms with E-state index in [0.717, 1.165) is 39.5 Å². The molecule has 1 aromatic heterocycles. The molecule has 1 N–H and O–H groups in total. The lowest BCUT2D eigenvalue weighted by atomic mass is 9.92. The minimum atomic E-state index is -0.867. The van der Waals surface area contributed by atoms with Crippen molar-refractivity contribution in [2.75, 3.05) is 6.61 Å². The topological polar surface area (TPSA) is 92.9 Å². The minimum Gasteiger partial charge on any atom is -0.493 e. The Morgan fingerprint density at radius 2 is 1.82 bits per heavy atom. The summed E-state index contributed by atoms with van der Waals surface area (Å²) in [5, 5.41) is 9.92. The number of nitrogens with zero attached hydrogens (tertiary/aromatic N) is 2. The molecule has 5 rings (SSSR count). The third-order valence-electron chi connectivity index (χ3n) is 6.98. The van der Waals surface area contributed by atoms with E-state index in [1.807, 2.05) is 78.6 Å². The van der Waals surface area contributed by atoms with Crippen molar-refractivity contribution in [3.05, 3.63) is 107 Å². The number of aliphatic carboxylic acids is 1. The van der Waals surface area contributed by atoms with E-state index in [2.05, 4.69) is 4.98 Å². The number of carboxylic acid groups (broad SMARTS) is 1. The summed E-state index contributed by atoms with van der Waals surface area (Å²) >= 11 is 0. The highest BCUT2D eigenvalue weighted by Crippen LogP contribution is 2.29. The van der Waals surface area contributed by atoms with Gasteiger partial charge in [-0.05, 0) is 61.2 Å². The molecule has 0 fully saturated rings. The fourth-order valence-electron chi connectivity index (χ4n) is 4.96. The molecule has 194 valence electrons. The fraction of sp³-hybridized carbons (Fsp3) is 0.258. The van der Waals surface area contributed by atoms with E-state index >= 15 is 0 Å². The quantitative estimate of drug-likeness (QED) is 0.298. The number of rotatable bonds is 9. The Balaban J connectivity index is 1.28. The van der Waals surface area contributed by atoms with Gasteiger partial charge in [-0.15, -0.1) is 0 Å². The fourth-order valence-corrected chi connectivity index (χ4v) is 4.96. The molecule has 1 aliphatic heterocycles. The first kappa shape index (κ1) is 25.4. The van der Waals surface area contributed by atoms with Gasteiger partial charge in [0, 0.05) is 30.6 Å². The molecule has 0 spiro atoms. The first-order chi connectivity index (χ1) is 18.4. The molecule has 4 aromatic rings. The highest BCUT2D eigenvalue weighted by atomic mass is 16.5. The van der Waals surface area contributed by atoms with Gasteiger partial charge in [-0.3, -0.25) is 14.5 Å². The number of hydrogen-bond acceptors (Lipinski definition) is 6. The van der Waals surface area contributed by atoms with Crippen molar-refractivity contribution in [3.63, 3.8) is 0 Å². The third kappa shape index (κ3) is 5.53. The third-order valence-corrected chi connectivity index (χ3v) is 6.98. The average molecular weight is 511 g/mol. The van der Waals surface area contributed by atoms with Crippen LogP contribution in [0.5, 0.6) is 5.75 Å². The summed E-state index contributed by atoms with van der Waals surface area (Å²) in [6, 6.07) is 22.4.